The molecule has 4 aliphatic rings. The fourth-order valence-corrected chi connectivity index (χ4v) is 17.5. The van der Waals surface area contributed by atoms with Gasteiger partial charge in [0.25, 0.3) is 23.6 Å². The second-order valence-electron chi connectivity index (χ2n) is 31.7. The van der Waals surface area contributed by atoms with Crippen LogP contribution in [-0.2, 0) is 68.9 Å². The summed E-state index contributed by atoms with van der Waals surface area (Å²) in [7, 11) is 0. The first-order chi connectivity index (χ1) is 62.7. The first-order valence-electron chi connectivity index (χ1n) is 41.0. The van der Waals surface area contributed by atoms with Crippen molar-refractivity contribution in [2.45, 2.75) is 134 Å². The minimum atomic E-state index is -2.01. The lowest BCUT2D eigenvalue weighted by Gasteiger charge is -2.40. The highest BCUT2D eigenvalue weighted by molar-refractivity contribution is 9.10. The fraction of sp³-hybridized carbons (Fsp3) is 0.247. The average Bonchev–Trinajstić information content (AvgIpc) is 1.58. The monoisotopic (exact) mass is 2080 g/mol. The predicted octanol–water partition coefficient (Wildman–Crippen LogP) is 21.8. The molecule has 35 heteroatoms. The van der Waals surface area contributed by atoms with Gasteiger partial charge in [0.15, 0.2) is 28.7 Å². The molecule has 4 amide bonds. The number of aliphatic hydroxyl groups is 5. The molecule has 0 saturated carbocycles. The number of aromatic nitrogens is 4. The molecule has 7 atom stereocenters. The summed E-state index contributed by atoms with van der Waals surface area (Å²) >= 11 is 54.6. The van der Waals surface area contributed by atoms with E-state index in [0.717, 1.165) is 6.07 Å². The van der Waals surface area contributed by atoms with E-state index in [1.807, 2.05) is 6.92 Å². The number of pyridine rings is 4. The number of rotatable bonds is 26. The van der Waals surface area contributed by atoms with E-state index in [1.165, 1.54) is 102 Å². The molecule has 132 heavy (non-hydrogen) atoms. The number of halogens is 14. The van der Waals surface area contributed by atoms with Crippen LogP contribution < -0.4 is 0 Å². The molecule has 8 aromatic carbocycles. The van der Waals surface area contributed by atoms with Gasteiger partial charge < -0.3 is 39.7 Å². The van der Waals surface area contributed by atoms with Crippen molar-refractivity contribution in [2.24, 2.45) is 0 Å². The van der Waals surface area contributed by atoms with Gasteiger partial charge >= 0.3 is 0 Å². The summed E-state index contributed by atoms with van der Waals surface area (Å²) in [6, 6.07) is 50.0. The number of carbonyl (C=O) groups is 5. The maximum absolute atomic E-state index is 16.0. The van der Waals surface area contributed by atoms with Crippen LogP contribution in [0.5, 0.6) is 0 Å². The summed E-state index contributed by atoms with van der Waals surface area (Å²) in [5.74, 6) is -5.16. The highest BCUT2D eigenvalue weighted by atomic mass is 79.9. The van der Waals surface area contributed by atoms with Gasteiger partial charge in [-0.15, -0.1) is 0 Å². The Morgan fingerprint density at radius 1 is 0.386 bits per heavy atom. The molecule has 0 saturated heterocycles. The maximum atomic E-state index is 16.0. The van der Waals surface area contributed by atoms with Crippen LogP contribution in [0.25, 0.3) is 0 Å². The number of carbonyl (C=O) groups excluding carboxylic acids is 5. The van der Waals surface area contributed by atoms with Crippen LogP contribution in [0.1, 0.15) is 185 Å². The lowest BCUT2D eigenvalue weighted by molar-refractivity contribution is -0.134. The molecule has 686 valence electrons. The summed E-state index contributed by atoms with van der Waals surface area (Å²) in [6.45, 7) is 9.16. The minimum Gasteiger partial charge on any atom is -0.391 e. The molecule has 16 rings (SSSR count). The topological polar surface area (TPSA) is 279 Å². The summed E-state index contributed by atoms with van der Waals surface area (Å²) in [5, 5.41) is 56.8. The zero-order chi connectivity index (χ0) is 95.4. The second kappa shape index (κ2) is 41.8. The van der Waals surface area contributed by atoms with Crippen LogP contribution >= 0.6 is 125 Å². The molecular weight excluding hydrogens is 2000 g/mol. The lowest BCUT2D eigenvalue weighted by Crippen LogP contribution is -2.48. The average molecular weight is 2090 g/mol. The molecular formula is C97H82Br2Cl8F4N8O13. The number of aliphatic hydroxyl groups excluding tert-OH is 3. The normalized spacial score (nSPS) is 18.3. The van der Waals surface area contributed by atoms with Gasteiger partial charge in [-0.2, -0.15) is 0 Å². The zero-order valence-corrected chi connectivity index (χ0v) is 80.2. The van der Waals surface area contributed by atoms with Crippen molar-refractivity contribution in [1.29, 1.82) is 0 Å². The first-order valence-corrected chi connectivity index (χ1v) is 45.6. The smallest absolute Gasteiger partial charge is 0.257 e. The molecule has 21 nitrogen and oxygen atoms in total. The number of Topliss-reactive ketones (excluding diaryl/α,β-unsaturated/α-hetero) is 1. The van der Waals surface area contributed by atoms with Crippen molar-refractivity contribution < 1.29 is 81.3 Å². The number of ketones is 1. The molecule has 0 radical (unpaired) electrons. The Hall–Kier alpha value is -9.41. The summed E-state index contributed by atoms with van der Waals surface area (Å²) < 4.78 is 82.0. The molecule has 0 aliphatic carbocycles. The van der Waals surface area contributed by atoms with Crippen molar-refractivity contribution in [3.63, 3.8) is 0 Å². The molecule has 0 fully saturated rings. The Kier molecular flexibility index (Phi) is 31.7. The number of benzene rings is 8. The molecule has 0 spiro atoms. The third-order valence-electron chi connectivity index (χ3n) is 22.5. The lowest BCUT2D eigenvalue weighted by atomic mass is 9.88. The van der Waals surface area contributed by atoms with Gasteiger partial charge in [0.2, 0.25) is 0 Å². The number of hydrogen-bond donors (Lipinski definition) is 5. The van der Waals surface area contributed by atoms with Gasteiger partial charge in [0.1, 0.15) is 23.3 Å². The summed E-state index contributed by atoms with van der Waals surface area (Å²) in [5.41, 5.74) is -4.21. The Bertz CT molecular complexity index is 6300. The van der Waals surface area contributed by atoms with Gasteiger partial charge in [-0.1, -0.05) is 194 Å². The van der Waals surface area contributed by atoms with Gasteiger partial charge in [-0.25, -0.2) is 17.6 Å². The number of fused-ring (bicyclic) bond motifs is 4. The van der Waals surface area contributed by atoms with E-state index < -0.39 is 93.7 Å². The van der Waals surface area contributed by atoms with E-state index in [9.17, 15) is 53.9 Å². The van der Waals surface area contributed by atoms with Crippen LogP contribution in [0.4, 0.5) is 17.6 Å². The summed E-state index contributed by atoms with van der Waals surface area (Å²) in [4.78, 5) is 89.0. The van der Waals surface area contributed by atoms with Crippen LogP contribution in [-0.4, -0.2) is 133 Å². The number of nitrogens with zero attached hydrogens (tertiary/aromatic N) is 8. The molecule has 4 aliphatic heterocycles. The van der Waals surface area contributed by atoms with Crippen molar-refractivity contribution in [1.82, 2.24) is 39.5 Å². The maximum Gasteiger partial charge on any atom is 0.257 e. The molecule has 6 unspecified atom stereocenters. The SMILES string of the molecule is CCC(O)COC1(c2ccc(Cl)cc2)c2c(F)cc(Br)cc2C(=O)N1Cc1ccc(Cl)cn1.CCC(O)COC1(c2ccc(Cl)cc2)c2c(F)cc(C(C)=O)cc2C(=O)N1Cc1ccc(Cl)cn1.CCC(O)CO[C@]1(c2ccc(Cl)cc2)c2c(F)cc(C(C)(C)O)cc2C(=O)N1Cc1ccc(Cl)cn1.O=C1c2cc(Br)cc(F)c2C(O)(c2ccc(Cl)cc2)N1Cc1ccc(Cl)cn1. The van der Waals surface area contributed by atoms with Gasteiger partial charge in [0.05, 0.1) is 157 Å². The minimum absolute atomic E-state index is 0.0000824. The summed E-state index contributed by atoms with van der Waals surface area (Å²) in [6.07, 6.45) is 4.56. The molecule has 4 aromatic heterocycles. The Balaban J connectivity index is 0.000000150. The van der Waals surface area contributed by atoms with Crippen LogP contribution in [0, 0.1) is 23.3 Å². The van der Waals surface area contributed by atoms with E-state index in [4.69, 9.17) is 107 Å². The standard InChI is InChI=1S/C27H27Cl2FN2O4.C26H23Cl2FN2O4.C24H20BrCl2FN2O3.C20H12BrCl2FN2O2/c1-4-21(33)15-36-27(16-5-7-18(28)8-6-16)24-22(11-17(12-23(24)30)26(2,3)35)25(34)32(27)14-20-10-9-19(29)13-31-20;1-3-21(33)14-35-26(17-4-6-18(27)7-5-17)24-22(10-16(15(2)32)11-23(24)29)25(34)31(26)13-20-9-8-19(28)12-30-20;1-2-19(31)13-33-24(14-3-5-16(26)6-4-14)22-20(9-15(25)10-21(22)28)23(32)30(24)12-18-8-7-17(27)11-29-18;21-12-7-16-18(17(24)8-12)20(28,11-1-3-13(22)4-2-11)26(19(16)27)10-15-6-5-14(23)9-25-15/h5-13,21,33,35H,4,14-15H2,1-3H3;4-12,21,33H,3,13-14H2,1-2H3;3-11,19,31H,2,12-13H2,1H3;1-9,28H,10H2/t21?,27-;;;/m1.../s1. The molecule has 5 N–H and O–H groups in total. The van der Waals surface area contributed by atoms with E-state index >= 15 is 13.2 Å². The van der Waals surface area contributed by atoms with Crippen molar-refractivity contribution in [2.75, 3.05) is 19.8 Å². The molecule has 8 heterocycles. The van der Waals surface area contributed by atoms with Crippen molar-refractivity contribution in [3.8, 4) is 0 Å². The highest BCUT2D eigenvalue weighted by Crippen LogP contribution is 2.54. The van der Waals surface area contributed by atoms with E-state index in [0.29, 0.717) is 113 Å². The fourth-order valence-electron chi connectivity index (χ4n) is 15.7. The van der Waals surface area contributed by atoms with Gasteiger partial charge in [0, 0.05) is 81.6 Å². The molecule has 0 bridgehead atoms. The molecule has 12 aromatic rings. The zero-order valence-electron chi connectivity index (χ0n) is 71.0. The second-order valence-corrected chi connectivity index (χ2v) is 37.0. The van der Waals surface area contributed by atoms with E-state index in [2.05, 4.69) is 51.8 Å². The Labute approximate surface area is 813 Å². The first kappa shape index (κ1) is 100. The number of amides is 4. The highest BCUT2D eigenvalue weighted by Gasteiger charge is 2.59. The van der Waals surface area contributed by atoms with Crippen molar-refractivity contribution in [3.05, 3.63) is 392 Å². The Morgan fingerprint density at radius 2 is 0.652 bits per heavy atom. The van der Waals surface area contributed by atoms with E-state index in [-0.39, 0.29) is 107 Å². The van der Waals surface area contributed by atoms with Gasteiger partial charge in [-0.05, 0) is 191 Å². The van der Waals surface area contributed by atoms with Crippen LogP contribution in [0.2, 0.25) is 40.2 Å². The van der Waals surface area contributed by atoms with E-state index in [1.54, 1.807) is 166 Å². The Morgan fingerprint density at radius 3 is 0.955 bits per heavy atom. The quantitative estimate of drug-likeness (QED) is 0.0249. The van der Waals surface area contributed by atoms with Crippen molar-refractivity contribution >= 4 is 154 Å². The largest absolute Gasteiger partial charge is 0.391 e. The van der Waals surface area contributed by atoms with Crippen LogP contribution in [0.15, 0.2) is 228 Å². The third kappa shape index (κ3) is 20.7. The van der Waals surface area contributed by atoms with Gasteiger partial charge in [-0.3, -0.25) is 63.5 Å². The third-order valence-corrected chi connectivity index (χ3v) is 25.3. The van der Waals surface area contributed by atoms with Crippen LogP contribution in [0.3, 0.4) is 0 Å². The number of hydrogen-bond acceptors (Lipinski definition) is 17. The predicted molar refractivity (Wildman–Crippen MR) is 501 cm³/mol. The number of ether oxygens (including phenoxy) is 3.